The maximum atomic E-state index is 5.78. The van der Waals surface area contributed by atoms with E-state index in [0.29, 0.717) is 38.2 Å². The van der Waals surface area contributed by atoms with Gasteiger partial charge in [-0.15, -0.1) is 10.2 Å². The lowest BCUT2D eigenvalue weighted by Gasteiger charge is -2.18. The SMILES string of the molecule is CCOCCn1cc([C@@H](c2ccccc2)C(C)C)nn1.Cc1ccc(COCCn2cc([C@H](c3ccccc3)C(C)C)nn2)cc1. The van der Waals surface area contributed by atoms with Gasteiger partial charge in [0.05, 0.1) is 44.3 Å². The van der Waals surface area contributed by atoms with Crippen LogP contribution in [0.5, 0.6) is 0 Å². The molecule has 0 aliphatic rings. The average Bonchev–Trinajstić information content (AvgIpc) is 3.72. The maximum absolute atomic E-state index is 5.78. The fraction of sp³-hybridized carbons (Fsp3) is 0.421. The number of aromatic nitrogens is 6. The molecule has 3 aromatic carbocycles. The summed E-state index contributed by atoms with van der Waals surface area (Å²) in [6.07, 6.45) is 4.09. The van der Waals surface area contributed by atoms with Gasteiger partial charge in [-0.25, -0.2) is 9.36 Å². The Labute approximate surface area is 274 Å². The first-order chi connectivity index (χ1) is 22.4. The Balaban J connectivity index is 0.000000216. The van der Waals surface area contributed by atoms with Gasteiger partial charge in [0.25, 0.3) is 0 Å². The number of hydrogen-bond donors (Lipinski definition) is 0. The van der Waals surface area contributed by atoms with Crippen LogP contribution in [0.2, 0.25) is 0 Å². The lowest BCUT2D eigenvalue weighted by atomic mass is 9.86. The summed E-state index contributed by atoms with van der Waals surface area (Å²) in [4.78, 5) is 0. The second-order valence-corrected chi connectivity index (χ2v) is 12.3. The van der Waals surface area contributed by atoms with Crippen LogP contribution in [0.4, 0.5) is 0 Å². The molecule has 2 heterocycles. The zero-order chi connectivity index (χ0) is 32.7. The van der Waals surface area contributed by atoms with Gasteiger partial charge < -0.3 is 9.47 Å². The van der Waals surface area contributed by atoms with Crippen LogP contribution >= 0.6 is 0 Å². The summed E-state index contributed by atoms with van der Waals surface area (Å²) in [5, 5.41) is 17.3. The number of ether oxygens (including phenoxy) is 2. The predicted octanol–water partition coefficient (Wildman–Crippen LogP) is 7.69. The molecule has 0 N–H and O–H groups in total. The van der Waals surface area contributed by atoms with Crippen LogP contribution in [0.3, 0.4) is 0 Å². The monoisotopic (exact) mass is 622 g/mol. The number of nitrogens with zero attached hydrogens (tertiary/aromatic N) is 6. The first-order valence-corrected chi connectivity index (χ1v) is 16.5. The first kappa shape index (κ1) is 34.7. The molecule has 0 aliphatic heterocycles. The van der Waals surface area contributed by atoms with Crippen molar-refractivity contribution in [2.45, 2.75) is 73.1 Å². The van der Waals surface area contributed by atoms with Crippen molar-refractivity contribution in [2.24, 2.45) is 11.8 Å². The van der Waals surface area contributed by atoms with E-state index in [0.717, 1.165) is 24.5 Å². The van der Waals surface area contributed by atoms with E-state index in [2.05, 4.69) is 128 Å². The van der Waals surface area contributed by atoms with Gasteiger partial charge >= 0.3 is 0 Å². The highest BCUT2D eigenvalue weighted by molar-refractivity contribution is 5.28. The van der Waals surface area contributed by atoms with Crippen molar-refractivity contribution < 1.29 is 9.47 Å². The van der Waals surface area contributed by atoms with E-state index in [1.165, 1.54) is 22.3 Å². The van der Waals surface area contributed by atoms with Crippen molar-refractivity contribution in [3.05, 3.63) is 131 Å². The quantitative estimate of drug-likeness (QED) is 0.111. The average molecular weight is 623 g/mol. The molecule has 0 bridgehead atoms. The van der Waals surface area contributed by atoms with Gasteiger partial charge in [-0.2, -0.15) is 0 Å². The van der Waals surface area contributed by atoms with Gasteiger partial charge in [0.1, 0.15) is 0 Å². The number of hydrogen-bond acceptors (Lipinski definition) is 6. The molecular weight excluding hydrogens is 572 g/mol. The molecule has 8 heteroatoms. The maximum Gasteiger partial charge on any atom is 0.0904 e. The molecule has 5 aromatic rings. The smallest absolute Gasteiger partial charge is 0.0904 e. The molecule has 0 unspecified atom stereocenters. The molecule has 0 aliphatic carbocycles. The minimum Gasteiger partial charge on any atom is -0.380 e. The van der Waals surface area contributed by atoms with E-state index >= 15 is 0 Å². The largest absolute Gasteiger partial charge is 0.380 e. The van der Waals surface area contributed by atoms with Crippen molar-refractivity contribution in [2.75, 3.05) is 19.8 Å². The Morgan fingerprint density at radius 2 is 1.07 bits per heavy atom. The second kappa shape index (κ2) is 18.1. The highest BCUT2D eigenvalue weighted by atomic mass is 16.5. The number of aryl methyl sites for hydroxylation is 1. The summed E-state index contributed by atoms with van der Waals surface area (Å²) in [5.74, 6) is 1.49. The van der Waals surface area contributed by atoms with Crippen LogP contribution in [0.25, 0.3) is 0 Å². The normalized spacial score (nSPS) is 12.6. The molecule has 0 spiro atoms. The van der Waals surface area contributed by atoms with E-state index in [-0.39, 0.29) is 11.8 Å². The predicted molar refractivity (Wildman–Crippen MR) is 184 cm³/mol. The van der Waals surface area contributed by atoms with Crippen LogP contribution in [-0.2, 0) is 29.2 Å². The fourth-order valence-electron chi connectivity index (χ4n) is 5.58. The topological polar surface area (TPSA) is 79.9 Å². The zero-order valence-electron chi connectivity index (χ0n) is 28.3. The summed E-state index contributed by atoms with van der Waals surface area (Å²) >= 11 is 0. The molecule has 2 aromatic heterocycles. The fourth-order valence-corrected chi connectivity index (χ4v) is 5.58. The number of benzene rings is 3. The van der Waals surface area contributed by atoms with E-state index in [4.69, 9.17) is 9.47 Å². The summed E-state index contributed by atoms with van der Waals surface area (Å²) in [7, 11) is 0. The zero-order valence-corrected chi connectivity index (χ0v) is 28.3. The van der Waals surface area contributed by atoms with Crippen LogP contribution in [-0.4, -0.2) is 49.8 Å². The van der Waals surface area contributed by atoms with E-state index in [1.54, 1.807) is 0 Å². The first-order valence-electron chi connectivity index (χ1n) is 16.5. The lowest BCUT2D eigenvalue weighted by molar-refractivity contribution is 0.110. The van der Waals surface area contributed by atoms with Crippen molar-refractivity contribution >= 4 is 0 Å². The Morgan fingerprint density at radius 3 is 1.50 bits per heavy atom. The standard InChI is InChI=1S/C22H27N3O.C16H23N3O/c1-17(2)22(20-7-5-4-6-8-20)21-15-25(24-23-21)13-14-26-16-19-11-9-18(3)10-12-19;1-4-20-11-10-19-12-15(17-18-19)16(13(2)3)14-8-6-5-7-9-14/h4-12,15,17,22H,13-14,16H2,1-3H3;5-9,12-13,16H,4,10-11H2,1-3H3/t22-;16-/m01/s1. The third kappa shape index (κ3) is 10.5. The Bertz CT molecular complexity index is 1530. The van der Waals surface area contributed by atoms with Crippen LogP contribution in [0.15, 0.2) is 97.3 Å². The molecule has 0 saturated carbocycles. The third-order valence-electron chi connectivity index (χ3n) is 7.92. The molecule has 2 atom stereocenters. The Kier molecular flexibility index (Phi) is 13.7. The van der Waals surface area contributed by atoms with Crippen molar-refractivity contribution in [1.29, 1.82) is 0 Å². The van der Waals surface area contributed by atoms with Crippen LogP contribution < -0.4 is 0 Å². The van der Waals surface area contributed by atoms with Crippen LogP contribution in [0, 0.1) is 18.8 Å². The Morgan fingerprint density at radius 1 is 0.609 bits per heavy atom. The van der Waals surface area contributed by atoms with Crippen molar-refractivity contribution in [3.63, 3.8) is 0 Å². The van der Waals surface area contributed by atoms with Gasteiger partial charge in [0.2, 0.25) is 0 Å². The van der Waals surface area contributed by atoms with E-state index in [1.807, 2.05) is 40.8 Å². The second-order valence-electron chi connectivity index (χ2n) is 12.3. The Hall–Kier alpha value is -4.14. The van der Waals surface area contributed by atoms with Gasteiger partial charge in [-0.05, 0) is 42.4 Å². The molecule has 0 amide bonds. The molecular formula is C38H50N6O2. The minimum absolute atomic E-state index is 0.262. The third-order valence-corrected chi connectivity index (χ3v) is 7.92. The molecule has 0 saturated heterocycles. The van der Waals surface area contributed by atoms with Crippen molar-refractivity contribution in [3.8, 4) is 0 Å². The summed E-state index contributed by atoms with van der Waals surface area (Å²) in [6, 6.07) is 29.5. The van der Waals surface area contributed by atoms with Crippen molar-refractivity contribution in [1.82, 2.24) is 30.0 Å². The van der Waals surface area contributed by atoms with Crippen LogP contribution in [0.1, 0.15) is 80.1 Å². The van der Waals surface area contributed by atoms with E-state index in [9.17, 15) is 0 Å². The molecule has 244 valence electrons. The van der Waals surface area contributed by atoms with Gasteiger partial charge in [-0.1, -0.05) is 129 Å². The van der Waals surface area contributed by atoms with Gasteiger partial charge in [-0.3, -0.25) is 0 Å². The summed E-state index contributed by atoms with van der Waals surface area (Å²) in [5.41, 5.74) is 7.08. The van der Waals surface area contributed by atoms with Gasteiger partial charge in [0, 0.05) is 30.8 Å². The lowest BCUT2D eigenvalue weighted by Crippen LogP contribution is -2.09. The van der Waals surface area contributed by atoms with E-state index < -0.39 is 0 Å². The highest BCUT2D eigenvalue weighted by Gasteiger charge is 2.22. The summed E-state index contributed by atoms with van der Waals surface area (Å²) in [6.45, 7) is 17.1. The molecule has 0 fully saturated rings. The minimum atomic E-state index is 0.262. The molecule has 8 nitrogen and oxygen atoms in total. The molecule has 5 rings (SSSR count). The van der Waals surface area contributed by atoms with Gasteiger partial charge in [0.15, 0.2) is 0 Å². The number of rotatable bonds is 15. The summed E-state index contributed by atoms with van der Waals surface area (Å²) < 4.78 is 14.9. The molecule has 46 heavy (non-hydrogen) atoms. The molecule has 0 radical (unpaired) electrons. The highest BCUT2D eigenvalue weighted by Crippen LogP contribution is 2.31.